The van der Waals surface area contributed by atoms with Crippen LogP contribution in [0.15, 0.2) is 36.7 Å². The maximum atomic E-state index is 11.5. The van der Waals surface area contributed by atoms with E-state index in [0.717, 1.165) is 13.0 Å². The summed E-state index contributed by atoms with van der Waals surface area (Å²) in [7, 11) is 0. The van der Waals surface area contributed by atoms with Gasteiger partial charge in [-0.15, -0.1) is 0 Å². The average Bonchev–Trinajstić information content (AvgIpc) is 2.93. The van der Waals surface area contributed by atoms with E-state index in [-0.39, 0.29) is 5.91 Å². The number of fused-ring (bicyclic) bond motifs is 1. The maximum Gasteiger partial charge on any atom is 0.230 e. The van der Waals surface area contributed by atoms with Gasteiger partial charge in [0.1, 0.15) is 0 Å². The molecule has 3 heteroatoms. The summed E-state index contributed by atoms with van der Waals surface area (Å²) in [5.41, 5.74) is 3.71. The molecule has 0 saturated heterocycles. The van der Waals surface area contributed by atoms with E-state index in [2.05, 4.69) is 30.1 Å². The van der Waals surface area contributed by atoms with Crippen LogP contribution in [-0.2, 0) is 11.2 Å². The van der Waals surface area contributed by atoms with E-state index in [1.807, 2.05) is 18.5 Å². The normalized spacial score (nSPS) is 14.9. The number of H-pyrrole nitrogens is 1. The minimum atomic E-state index is 0.200. The number of aromatic amines is 1. The molecule has 0 saturated carbocycles. The molecule has 0 spiro atoms. The summed E-state index contributed by atoms with van der Waals surface area (Å²) in [5.74, 6) is 0.200. The number of amides is 1. The quantitative estimate of drug-likeness (QED) is 0.879. The van der Waals surface area contributed by atoms with Gasteiger partial charge >= 0.3 is 0 Å². The van der Waals surface area contributed by atoms with Gasteiger partial charge in [0.2, 0.25) is 5.91 Å². The highest BCUT2D eigenvalue weighted by atomic mass is 16.2. The molecule has 1 aliphatic rings. The van der Waals surface area contributed by atoms with Crippen LogP contribution in [0.25, 0.3) is 10.9 Å². The Balaban J connectivity index is 1.78. The van der Waals surface area contributed by atoms with Crippen molar-refractivity contribution < 1.29 is 4.79 Å². The third kappa shape index (κ3) is 1.92. The van der Waals surface area contributed by atoms with Crippen LogP contribution in [0.5, 0.6) is 0 Å². The summed E-state index contributed by atoms with van der Waals surface area (Å²) in [6, 6.07) is 6.43. The SMILES string of the molecule is Cc1ccc2c(CCN3C=CCC3=O)c[nH]c2c1. The number of nitrogens with zero attached hydrogens (tertiary/aromatic N) is 1. The van der Waals surface area contributed by atoms with Gasteiger partial charge in [0.15, 0.2) is 0 Å². The summed E-state index contributed by atoms with van der Waals surface area (Å²) in [4.78, 5) is 16.6. The molecule has 0 radical (unpaired) electrons. The number of rotatable bonds is 3. The van der Waals surface area contributed by atoms with Gasteiger partial charge in [0.05, 0.1) is 0 Å². The van der Waals surface area contributed by atoms with E-state index in [0.29, 0.717) is 6.42 Å². The number of hydrogen-bond acceptors (Lipinski definition) is 1. The van der Waals surface area contributed by atoms with E-state index in [4.69, 9.17) is 0 Å². The zero-order valence-corrected chi connectivity index (χ0v) is 10.4. The van der Waals surface area contributed by atoms with Crippen molar-refractivity contribution in [1.82, 2.24) is 9.88 Å². The number of aryl methyl sites for hydroxylation is 1. The topological polar surface area (TPSA) is 36.1 Å². The van der Waals surface area contributed by atoms with Gasteiger partial charge in [-0.1, -0.05) is 18.2 Å². The molecule has 18 heavy (non-hydrogen) atoms. The Labute approximate surface area is 106 Å². The van der Waals surface area contributed by atoms with Crippen LogP contribution >= 0.6 is 0 Å². The largest absolute Gasteiger partial charge is 0.361 e. The smallest absolute Gasteiger partial charge is 0.230 e. The Bertz CT molecular complexity index is 624. The van der Waals surface area contributed by atoms with Crippen LogP contribution in [0.2, 0.25) is 0 Å². The summed E-state index contributed by atoms with van der Waals surface area (Å²) < 4.78 is 0. The monoisotopic (exact) mass is 240 g/mol. The third-order valence-electron chi connectivity index (χ3n) is 3.44. The van der Waals surface area contributed by atoms with E-state index in [9.17, 15) is 4.79 Å². The second kappa shape index (κ2) is 4.33. The molecule has 0 fully saturated rings. The molecular weight excluding hydrogens is 224 g/mol. The standard InChI is InChI=1S/C15H16N2O/c1-11-4-5-13-12(10-16-14(13)9-11)6-8-17-7-2-3-15(17)18/h2,4-5,7,9-10,16H,3,6,8H2,1H3. The van der Waals surface area contributed by atoms with Crippen molar-refractivity contribution in [3.8, 4) is 0 Å². The van der Waals surface area contributed by atoms with Crippen molar-refractivity contribution in [2.75, 3.05) is 6.54 Å². The van der Waals surface area contributed by atoms with Crippen LogP contribution in [-0.4, -0.2) is 22.3 Å². The van der Waals surface area contributed by atoms with Gasteiger partial charge in [-0.25, -0.2) is 0 Å². The Hall–Kier alpha value is -2.03. The van der Waals surface area contributed by atoms with Gasteiger partial charge in [0, 0.05) is 36.3 Å². The van der Waals surface area contributed by atoms with Gasteiger partial charge < -0.3 is 9.88 Å². The van der Waals surface area contributed by atoms with Gasteiger partial charge in [-0.05, 0) is 30.5 Å². The van der Waals surface area contributed by atoms with Gasteiger partial charge in [0.25, 0.3) is 0 Å². The third-order valence-corrected chi connectivity index (χ3v) is 3.44. The number of nitrogens with one attached hydrogen (secondary N) is 1. The summed E-state index contributed by atoms with van der Waals surface area (Å²) in [6.07, 6.45) is 7.29. The first-order valence-electron chi connectivity index (χ1n) is 6.27. The fraction of sp³-hybridized carbons (Fsp3) is 0.267. The molecule has 0 bridgehead atoms. The fourth-order valence-corrected chi connectivity index (χ4v) is 2.43. The van der Waals surface area contributed by atoms with E-state index in [1.165, 1.54) is 22.0 Å². The minimum Gasteiger partial charge on any atom is -0.361 e. The lowest BCUT2D eigenvalue weighted by Gasteiger charge is -2.12. The molecule has 2 aromatic rings. The molecule has 1 aromatic heterocycles. The highest BCUT2D eigenvalue weighted by molar-refractivity contribution is 5.84. The van der Waals surface area contributed by atoms with Crippen molar-refractivity contribution >= 4 is 16.8 Å². The molecular formula is C15H16N2O. The van der Waals surface area contributed by atoms with Crippen LogP contribution in [0.4, 0.5) is 0 Å². The van der Waals surface area contributed by atoms with E-state index < -0.39 is 0 Å². The van der Waals surface area contributed by atoms with Crippen molar-refractivity contribution in [3.63, 3.8) is 0 Å². The molecule has 1 amide bonds. The number of carbonyl (C=O) groups excluding carboxylic acids is 1. The second-order valence-corrected chi connectivity index (χ2v) is 4.79. The lowest BCUT2D eigenvalue weighted by atomic mass is 10.1. The maximum absolute atomic E-state index is 11.5. The van der Waals surface area contributed by atoms with Crippen molar-refractivity contribution in [2.45, 2.75) is 19.8 Å². The summed E-state index contributed by atoms with van der Waals surface area (Å²) >= 11 is 0. The molecule has 3 rings (SSSR count). The van der Waals surface area contributed by atoms with Crippen molar-refractivity contribution in [3.05, 3.63) is 47.8 Å². The number of aromatic nitrogens is 1. The first kappa shape index (κ1) is 11.1. The molecule has 3 nitrogen and oxygen atoms in total. The van der Waals surface area contributed by atoms with Gasteiger partial charge in [-0.2, -0.15) is 0 Å². The Morgan fingerprint density at radius 1 is 1.39 bits per heavy atom. The molecule has 1 N–H and O–H groups in total. The van der Waals surface area contributed by atoms with E-state index in [1.54, 1.807) is 4.90 Å². The number of hydrogen-bond donors (Lipinski definition) is 1. The average molecular weight is 240 g/mol. The lowest BCUT2D eigenvalue weighted by molar-refractivity contribution is -0.126. The lowest BCUT2D eigenvalue weighted by Crippen LogP contribution is -2.23. The molecule has 0 unspecified atom stereocenters. The minimum absolute atomic E-state index is 0.200. The zero-order chi connectivity index (χ0) is 12.5. The summed E-state index contributed by atoms with van der Waals surface area (Å²) in [5, 5.41) is 1.26. The second-order valence-electron chi connectivity index (χ2n) is 4.79. The van der Waals surface area contributed by atoms with E-state index >= 15 is 0 Å². The van der Waals surface area contributed by atoms with Crippen LogP contribution in [0.1, 0.15) is 17.5 Å². The predicted molar refractivity (Wildman–Crippen MR) is 72.2 cm³/mol. The molecule has 1 aliphatic heterocycles. The molecule has 0 aliphatic carbocycles. The van der Waals surface area contributed by atoms with Crippen molar-refractivity contribution in [2.24, 2.45) is 0 Å². The van der Waals surface area contributed by atoms with Crippen molar-refractivity contribution in [1.29, 1.82) is 0 Å². The molecule has 92 valence electrons. The Kier molecular flexibility index (Phi) is 2.67. The van der Waals surface area contributed by atoms with Crippen LogP contribution in [0, 0.1) is 6.92 Å². The first-order valence-corrected chi connectivity index (χ1v) is 6.27. The highest BCUT2D eigenvalue weighted by Crippen LogP contribution is 2.20. The summed E-state index contributed by atoms with van der Waals surface area (Å²) in [6.45, 7) is 2.85. The van der Waals surface area contributed by atoms with Crippen LogP contribution in [0.3, 0.4) is 0 Å². The molecule has 1 aromatic carbocycles. The highest BCUT2D eigenvalue weighted by Gasteiger charge is 2.14. The first-order chi connectivity index (χ1) is 8.74. The number of carbonyl (C=O) groups is 1. The molecule has 2 heterocycles. The number of benzene rings is 1. The Morgan fingerprint density at radius 2 is 2.28 bits per heavy atom. The fourth-order valence-electron chi connectivity index (χ4n) is 2.43. The zero-order valence-electron chi connectivity index (χ0n) is 10.4. The Morgan fingerprint density at radius 3 is 3.06 bits per heavy atom. The van der Waals surface area contributed by atoms with Crippen LogP contribution < -0.4 is 0 Å². The predicted octanol–water partition coefficient (Wildman–Crippen LogP) is 2.76. The molecule has 0 atom stereocenters. The van der Waals surface area contributed by atoms with Gasteiger partial charge in [-0.3, -0.25) is 4.79 Å².